The summed E-state index contributed by atoms with van der Waals surface area (Å²) in [6.07, 6.45) is 0.353. The van der Waals surface area contributed by atoms with E-state index in [1.165, 1.54) is 5.56 Å². The smallest absolute Gasteiger partial charge is 0.303 e. The fraction of sp³-hybridized carbons (Fsp3) is 0.357. The Labute approximate surface area is 117 Å². The normalized spacial score (nSPS) is 12.7. The molecule has 0 amide bonds. The first-order valence-corrected chi connectivity index (χ1v) is 6.32. The molecule has 0 fully saturated rings. The number of amidine groups is 1. The Bertz CT molecular complexity index is 457. The summed E-state index contributed by atoms with van der Waals surface area (Å²) >= 11 is 0. The van der Waals surface area contributed by atoms with Crippen LogP contribution in [-0.4, -0.2) is 41.1 Å². The standard InChI is InChI=1S/C10H12N2.C4H6O4/c1-2-4-9(5-3-1)8-10-11-6-7-12-10;5-3(6)1-2-4(7)8/h1-5H,6-8H2,(H,11,12);1-2H2,(H,5,6)(H,7,8). The number of aliphatic carboxylic acids is 2. The molecule has 2 rings (SSSR count). The Morgan fingerprint density at radius 1 is 1.10 bits per heavy atom. The van der Waals surface area contributed by atoms with E-state index in [1.54, 1.807) is 0 Å². The highest BCUT2D eigenvalue weighted by Crippen LogP contribution is 2.01. The van der Waals surface area contributed by atoms with Crippen LogP contribution < -0.4 is 5.32 Å². The van der Waals surface area contributed by atoms with Gasteiger partial charge in [0.2, 0.25) is 0 Å². The summed E-state index contributed by atoms with van der Waals surface area (Å²) in [5.41, 5.74) is 1.32. The molecule has 0 radical (unpaired) electrons. The van der Waals surface area contributed by atoms with Gasteiger partial charge >= 0.3 is 11.9 Å². The molecular weight excluding hydrogens is 260 g/mol. The zero-order chi connectivity index (χ0) is 14.8. The van der Waals surface area contributed by atoms with Gasteiger partial charge in [0.15, 0.2) is 0 Å². The van der Waals surface area contributed by atoms with Crippen molar-refractivity contribution in [2.75, 3.05) is 13.1 Å². The molecule has 0 spiro atoms. The zero-order valence-corrected chi connectivity index (χ0v) is 11.1. The largest absolute Gasteiger partial charge is 0.481 e. The van der Waals surface area contributed by atoms with Crippen LogP contribution in [0.3, 0.4) is 0 Å². The lowest BCUT2D eigenvalue weighted by Crippen LogP contribution is -2.20. The summed E-state index contributed by atoms with van der Waals surface area (Å²) in [4.78, 5) is 23.6. The molecule has 0 unspecified atom stereocenters. The third kappa shape index (κ3) is 7.15. The van der Waals surface area contributed by atoms with E-state index >= 15 is 0 Å². The van der Waals surface area contributed by atoms with E-state index in [0.717, 1.165) is 25.3 Å². The second kappa shape index (κ2) is 8.68. The third-order valence-corrected chi connectivity index (χ3v) is 2.51. The minimum absolute atomic E-state index is 0.296. The quantitative estimate of drug-likeness (QED) is 0.750. The molecule has 108 valence electrons. The van der Waals surface area contributed by atoms with E-state index in [9.17, 15) is 9.59 Å². The minimum atomic E-state index is -1.08. The maximum atomic E-state index is 9.64. The predicted octanol–water partition coefficient (Wildman–Crippen LogP) is 1.17. The Balaban J connectivity index is 0.000000221. The molecule has 1 aromatic carbocycles. The van der Waals surface area contributed by atoms with Crippen molar-refractivity contribution in [1.29, 1.82) is 0 Å². The summed E-state index contributed by atoms with van der Waals surface area (Å²) < 4.78 is 0. The molecule has 0 aliphatic carbocycles. The van der Waals surface area contributed by atoms with Gasteiger partial charge in [-0.1, -0.05) is 30.3 Å². The maximum Gasteiger partial charge on any atom is 0.303 e. The Morgan fingerprint density at radius 3 is 2.15 bits per heavy atom. The van der Waals surface area contributed by atoms with Crippen molar-refractivity contribution < 1.29 is 19.8 Å². The fourth-order valence-corrected chi connectivity index (χ4v) is 1.57. The first-order valence-electron chi connectivity index (χ1n) is 6.32. The first kappa shape index (κ1) is 15.7. The van der Waals surface area contributed by atoms with Crippen molar-refractivity contribution in [2.45, 2.75) is 19.3 Å². The number of hydrogen-bond donors (Lipinski definition) is 3. The van der Waals surface area contributed by atoms with Gasteiger partial charge in [0, 0.05) is 13.0 Å². The SMILES string of the molecule is O=C(O)CCC(=O)O.c1ccc(CC2=NCCN2)cc1. The van der Waals surface area contributed by atoms with Crippen molar-refractivity contribution in [2.24, 2.45) is 4.99 Å². The number of carbonyl (C=O) groups is 2. The van der Waals surface area contributed by atoms with Gasteiger partial charge in [-0.2, -0.15) is 0 Å². The molecule has 6 nitrogen and oxygen atoms in total. The second-order valence-electron chi connectivity index (χ2n) is 4.21. The zero-order valence-electron chi connectivity index (χ0n) is 11.1. The molecule has 0 saturated heterocycles. The number of carboxylic acid groups (broad SMARTS) is 2. The van der Waals surface area contributed by atoms with Gasteiger partial charge in [-0.25, -0.2) is 0 Å². The number of nitrogens with zero attached hydrogens (tertiary/aromatic N) is 1. The molecule has 0 aromatic heterocycles. The van der Waals surface area contributed by atoms with Gasteiger partial charge in [-0.3, -0.25) is 14.6 Å². The summed E-state index contributed by atoms with van der Waals surface area (Å²) in [6.45, 7) is 1.93. The van der Waals surface area contributed by atoms with Crippen LogP contribution in [0, 0.1) is 0 Å². The van der Waals surface area contributed by atoms with Crippen molar-refractivity contribution in [3.05, 3.63) is 35.9 Å². The Hall–Kier alpha value is -2.37. The lowest BCUT2D eigenvalue weighted by Gasteiger charge is -2.00. The van der Waals surface area contributed by atoms with E-state index < -0.39 is 11.9 Å². The van der Waals surface area contributed by atoms with Crippen LogP contribution in [0.1, 0.15) is 18.4 Å². The van der Waals surface area contributed by atoms with Crippen LogP contribution in [0.25, 0.3) is 0 Å². The van der Waals surface area contributed by atoms with Crippen LogP contribution in [0.4, 0.5) is 0 Å². The van der Waals surface area contributed by atoms with Crippen molar-refractivity contribution in [3.8, 4) is 0 Å². The van der Waals surface area contributed by atoms with Crippen molar-refractivity contribution in [1.82, 2.24) is 5.32 Å². The molecule has 0 bridgehead atoms. The Kier molecular flexibility index (Phi) is 6.81. The van der Waals surface area contributed by atoms with Crippen LogP contribution in [0.15, 0.2) is 35.3 Å². The molecule has 20 heavy (non-hydrogen) atoms. The van der Waals surface area contributed by atoms with Crippen LogP contribution >= 0.6 is 0 Å². The van der Waals surface area contributed by atoms with Gasteiger partial charge in [0.1, 0.15) is 5.84 Å². The lowest BCUT2D eigenvalue weighted by atomic mass is 10.1. The second-order valence-corrected chi connectivity index (χ2v) is 4.21. The van der Waals surface area contributed by atoms with Crippen molar-refractivity contribution in [3.63, 3.8) is 0 Å². The molecule has 1 aromatic rings. The third-order valence-electron chi connectivity index (χ3n) is 2.51. The molecule has 1 aliphatic heterocycles. The summed E-state index contributed by atoms with van der Waals surface area (Å²) in [7, 11) is 0. The van der Waals surface area contributed by atoms with E-state index in [1.807, 2.05) is 6.07 Å². The molecular formula is C14H18N2O4. The predicted molar refractivity (Wildman–Crippen MR) is 75.0 cm³/mol. The first-order chi connectivity index (χ1) is 9.58. The molecule has 0 atom stereocenters. The topological polar surface area (TPSA) is 99.0 Å². The number of carboxylic acids is 2. The highest BCUT2D eigenvalue weighted by Gasteiger charge is 2.04. The molecule has 1 aliphatic rings. The average Bonchev–Trinajstić information content (AvgIpc) is 2.91. The van der Waals surface area contributed by atoms with E-state index in [0.29, 0.717) is 0 Å². The van der Waals surface area contributed by atoms with Gasteiger partial charge < -0.3 is 15.5 Å². The molecule has 3 N–H and O–H groups in total. The maximum absolute atomic E-state index is 9.64. The van der Waals surface area contributed by atoms with E-state index in [2.05, 4.69) is 34.6 Å². The summed E-state index contributed by atoms with van der Waals surface area (Å²) in [5.74, 6) is -1.03. The van der Waals surface area contributed by atoms with Gasteiger partial charge in [0.05, 0.1) is 19.4 Å². The monoisotopic (exact) mass is 278 g/mol. The van der Waals surface area contributed by atoms with Crippen molar-refractivity contribution >= 4 is 17.8 Å². The average molecular weight is 278 g/mol. The van der Waals surface area contributed by atoms with E-state index in [-0.39, 0.29) is 12.8 Å². The fourth-order valence-electron chi connectivity index (χ4n) is 1.57. The lowest BCUT2D eigenvalue weighted by molar-refractivity contribution is -0.143. The van der Waals surface area contributed by atoms with Gasteiger partial charge in [-0.05, 0) is 5.56 Å². The van der Waals surface area contributed by atoms with Gasteiger partial charge in [0.25, 0.3) is 0 Å². The molecule has 0 saturated carbocycles. The number of benzene rings is 1. The number of rotatable bonds is 5. The van der Waals surface area contributed by atoms with E-state index in [4.69, 9.17) is 10.2 Å². The number of nitrogens with one attached hydrogen (secondary N) is 1. The minimum Gasteiger partial charge on any atom is -0.481 e. The van der Waals surface area contributed by atoms with Crippen LogP contribution in [0.2, 0.25) is 0 Å². The number of hydrogen-bond acceptors (Lipinski definition) is 4. The summed E-state index contributed by atoms with van der Waals surface area (Å²) in [5, 5.41) is 19.1. The highest BCUT2D eigenvalue weighted by atomic mass is 16.4. The van der Waals surface area contributed by atoms with Gasteiger partial charge in [-0.15, -0.1) is 0 Å². The summed E-state index contributed by atoms with van der Waals surface area (Å²) in [6, 6.07) is 10.4. The van der Waals surface area contributed by atoms with Crippen LogP contribution in [0.5, 0.6) is 0 Å². The number of aliphatic imine (C=N–C) groups is 1. The molecule has 1 heterocycles. The Morgan fingerprint density at radius 2 is 1.70 bits per heavy atom. The highest BCUT2D eigenvalue weighted by molar-refractivity contribution is 5.85. The molecule has 6 heteroatoms. The van der Waals surface area contributed by atoms with Crippen LogP contribution in [-0.2, 0) is 16.0 Å².